The molecule has 0 heterocycles. The second-order valence-electron chi connectivity index (χ2n) is 4.85. The van der Waals surface area contributed by atoms with Crippen LogP contribution in [0.15, 0.2) is 0 Å². The third-order valence-corrected chi connectivity index (χ3v) is 4.15. The summed E-state index contributed by atoms with van der Waals surface area (Å²) in [5.41, 5.74) is -0.178. The fourth-order valence-electron chi connectivity index (χ4n) is 3.43. The van der Waals surface area contributed by atoms with Crippen LogP contribution in [0, 0.1) is 17.8 Å². The first-order valence-corrected chi connectivity index (χ1v) is 5.01. The second kappa shape index (κ2) is 1.82. The molecule has 11 heavy (non-hydrogen) atoms. The molecule has 0 aromatic rings. The van der Waals surface area contributed by atoms with E-state index in [9.17, 15) is 5.11 Å². The first kappa shape index (κ1) is 6.47. The third kappa shape index (κ3) is 0.752. The Kier molecular flexibility index (Phi) is 1.07. The molecule has 0 aliphatic heterocycles. The molecule has 0 spiro atoms. The summed E-state index contributed by atoms with van der Waals surface area (Å²) in [5, 5.41) is 10.3. The van der Waals surface area contributed by atoms with E-state index in [-0.39, 0.29) is 5.60 Å². The fraction of sp³-hybridized carbons (Fsp3) is 1.00. The number of aliphatic hydroxyl groups is 1. The molecule has 3 aliphatic carbocycles. The van der Waals surface area contributed by atoms with E-state index in [0.29, 0.717) is 11.8 Å². The van der Waals surface area contributed by atoms with Crippen molar-refractivity contribution in [3.05, 3.63) is 0 Å². The van der Waals surface area contributed by atoms with E-state index in [1.54, 1.807) is 0 Å². The molecular formula is C10H16O. The van der Waals surface area contributed by atoms with Gasteiger partial charge in [-0.2, -0.15) is 0 Å². The van der Waals surface area contributed by atoms with E-state index in [4.69, 9.17) is 0 Å². The van der Waals surface area contributed by atoms with Crippen LogP contribution < -0.4 is 0 Å². The summed E-state index contributed by atoms with van der Waals surface area (Å²) in [5.74, 6) is 2.29. The van der Waals surface area contributed by atoms with Gasteiger partial charge in [-0.1, -0.05) is 0 Å². The third-order valence-electron chi connectivity index (χ3n) is 4.15. The second-order valence-corrected chi connectivity index (χ2v) is 4.85. The molecule has 0 radical (unpaired) electrons. The zero-order valence-corrected chi connectivity index (χ0v) is 6.92. The van der Waals surface area contributed by atoms with Gasteiger partial charge in [0.15, 0.2) is 0 Å². The maximum absolute atomic E-state index is 10.3. The van der Waals surface area contributed by atoms with Gasteiger partial charge in [-0.15, -0.1) is 0 Å². The van der Waals surface area contributed by atoms with Crippen LogP contribution in [0.25, 0.3) is 0 Å². The van der Waals surface area contributed by atoms with Gasteiger partial charge in [0, 0.05) is 0 Å². The van der Waals surface area contributed by atoms with Crippen molar-refractivity contribution in [3.63, 3.8) is 0 Å². The molecule has 2 bridgehead atoms. The van der Waals surface area contributed by atoms with Gasteiger partial charge in [-0.25, -0.2) is 0 Å². The molecule has 3 atom stereocenters. The van der Waals surface area contributed by atoms with Crippen LogP contribution in [0.5, 0.6) is 0 Å². The lowest BCUT2D eigenvalue weighted by molar-refractivity contribution is -0.0333. The average Bonchev–Trinajstić information content (AvgIpc) is 2.68. The van der Waals surface area contributed by atoms with Gasteiger partial charge in [-0.3, -0.25) is 0 Å². The molecule has 0 aromatic heterocycles. The summed E-state index contributed by atoms with van der Waals surface area (Å²) in [4.78, 5) is 0. The molecule has 62 valence electrons. The van der Waals surface area contributed by atoms with Gasteiger partial charge in [0.25, 0.3) is 0 Å². The highest BCUT2D eigenvalue weighted by Crippen LogP contribution is 2.59. The predicted octanol–water partition coefficient (Wildman–Crippen LogP) is 1.95. The summed E-state index contributed by atoms with van der Waals surface area (Å²) >= 11 is 0. The Morgan fingerprint density at radius 3 is 2.18 bits per heavy atom. The van der Waals surface area contributed by atoms with Crippen molar-refractivity contribution < 1.29 is 5.11 Å². The average molecular weight is 152 g/mol. The van der Waals surface area contributed by atoms with Gasteiger partial charge in [0.1, 0.15) is 0 Å². The molecule has 1 heteroatoms. The maximum Gasteiger partial charge on any atom is 0.0706 e. The van der Waals surface area contributed by atoms with Crippen LogP contribution in [0.1, 0.15) is 38.5 Å². The van der Waals surface area contributed by atoms with Crippen LogP contribution >= 0.6 is 0 Å². The van der Waals surface area contributed by atoms with E-state index in [0.717, 1.165) is 12.3 Å². The lowest BCUT2D eigenvalue weighted by atomic mass is 9.80. The van der Waals surface area contributed by atoms with Gasteiger partial charge < -0.3 is 5.11 Å². The van der Waals surface area contributed by atoms with Gasteiger partial charge in [0.05, 0.1) is 5.60 Å². The van der Waals surface area contributed by atoms with Gasteiger partial charge in [0.2, 0.25) is 0 Å². The minimum atomic E-state index is -0.178. The topological polar surface area (TPSA) is 20.2 Å². The summed E-state index contributed by atoms with van der Waals surface area (Å²) in [7, 11) is 0. The van der Waals surface area contributed by atoms with E-state index in [2.05, 4.69) is 0 Å². The summed E-state index contributed by atoms with van der Waals surface area (Å²) in [6, 6.07) is 0. The highest BCUT2D eigenvalue weighted by atomic mass is 16.3. The van der Waals surface area contributed by atoms with Crippen molar-refractivity contribution in [2.75, 3.05) is 0 Å². The molecule has 0 saturated heterocycles. The van der Waals surface area contributed by atoms with Crippen molar-refractivity contribution in [2.45, 2.75) is 44.1 Å². The van der Waals surface area contributed by atoms with Crippen LogP contribution in [-0.4, -0.2) is 10.7 Å². The van der Waals surface area contributed by atoms with Crippen LogP contribution in [-0.2, 0) is 0 Å². The number of rotatable bonds is 1. The quantitative estimate of drug-likeness (QED) is 0.609. The Hall–Kier alpha value is -0.0400. The van der Waals surface area contributed by atoms with Crippen molar-refractivity contribution in [2.24, 2.45) is 17.8 Å². The Bertz CT molecular complexity index is 185. The fourth-order valence-corrected chi connectivity index (χ4v) is 3.43. The van der Waals surface area contributed by atoms with E-state index >= 15 is 0 Å². The Morgan fingerprint density at radius 1 is 1.00 bits per heavy atom. The SMILES string of the molecule is OC1(C2CC2)CC2CCC1C2. The Labute approximate surface area is 67.8 Å². The zero-order valence-electron chi connectivity index (χ0n) is 6.92. The summed E-state index contributed by atoms with van der Waals surface area (Å²) in [6.45, 7) is 0. The molecule has 3 unspecified atom stereocenters. The van der Waals surface area contributed by atoms with Crippen molar-refractivity contribution in [1.29, 1.82) is 0 Å². The van der Waals surface area contributed by atoms with Crippen LogP contribution in [0.4, 0.5) is 0 Å². The first-order chi connectivity index (χ1) is 5.29. The highest BCUT2D eigenvalue weighted by molar-refractivity contribution is 5.07. The first-order valence-electron chi connectivity index (χ1n) is 5.01. The normalized spacial score (nSPS) is 55.4. The molecule has 3 rings (SSSR count). The van der Waals surface area contributed by atoms with Crippen molar-refractivity contribution in [1.82, 2.24) is 0 Å². The largest absolute Gasteiger partial charge is 0.389 e. The molecule has 1 N–H and O–H groups in total. The Morgan fingerprint density at radius 2 is 1.73 bits per heavy atom. The molecule has 1 nitrogen and oxygen atoms in total. The van der Waals surface area contributed by atoms with E-state index in [1.165, 1.54) is 32.1 Å². The molecule has 0 amide bonds. The summed E-state index contributed by atoms with van der Waals surface area (Å²) in [6.07, 6.45) is 7.81. The number of fused-ring (bicyclic) bond motifs is 2. The smallest absolute Gasteiger partial charge is 0.0706 e. The minimum Gasteiger partial charge on any atom is -0.389 e. The highest BCUT2D eigenvalue weighted by Gasteiger charge is 2.56. The molecule has 3 fully saturated rings. The summed E-state index contributed by atoms with van der Waals surface area (Å²) < 4.78 is 0. The van der Waals surface area contributed by atoms with Crippen molar-refractivity contribution >= 4 is 0 Å². The van der Waals surface area contributed by atoms with Crippen molar-refractivity contribution in [3.8, 4) is 0 Å². The lowest BCUT2D eigenvalue weighted by Gasteiger charge is -2.32. The Balaban J connectivity index is 1.87. The molecular weight excluding hydrogens is 136 g/mol. The van der Waals surface area contributed by atoms with Crippen LogP contribution in [0.2, 0.25) is 0 Å². The number of hydrogen-bond acceptors (Lipinski definition) is 1. The minimum absolute atomic E-state index is 0.178. The number of hydrogen-bond donors (Lipinski definition) is 1. The van der Waals surface area contributed by atoms with E-state index < -0.39 is 0 Å². The van der Waals surface area contributed by atoms with Gasteiger partial charge in [-0.05, 0) is 56.3 Å². The predicted molar refractivity (Wildman–Crippen MR) is 43.1 cm³/mol. The molecule has 3 saturated carbocycles. The molecule has 0 aromatic carbocycles. The standard InChI is InChI=1S/C10H16O/c11-10(8-3-4-8)6-7-1-2-9(10)5-7/h7-9,11H,1-6H2. The van der Waals surface area contributed by atoms with Crippen LogP contribution in [0.3, 0.4) is 0 Å². The zero-order chi connectivity index (χ0) is 7.47. The van der Waals surface area contributed by atoms with Gasteiger partial charge >= 0.3 is 0 Å². The van der Waals surface area contributed by atoms with E-state index in [1.807, 2.05) is 0 Å². The monoisotopic (exact) mass is 152 g/mol. The maximum atomic E-state index is 10.3. The lowest BCUT2D eigenvalue weighted by Crippen LogP contribution is -2.37. The molecule has 3 aliphatic rings.